The maximum atomic E-state index is 5.51. The quantitative estimate of drug-likeness (QED) is 0.591. The van der Waals surface area contributed by atoms with Crippen LogP contribution in [-0.2, 0) is 16.1 Å². The summed E-state index contributed by atoms with van der Waals surface area (Å²) in [6.45, 7) is 2.88. The van der Waals surface area contributed by atoms with Gasteiger partial charge in [0.05, 0.1) is 13.7 Å². The van der Waals surface area contributed by atoms with Crippen LogP contribution >= 0.6 is 0 Å². The number of hydrogen-bond acceptors (Lipinski definition) is 3. The van der Waals surface area contributed by atoms with Gasteiger partial charge in [0.25, 0.3) is 0 Å². The van der Waals surface area contributed by atoms with Gasteiger partial charge in [-0.25, -0.2) is 0 Å². The maximum Gasteiger partial charge on any atom is 0.146 e. The SMILES string of the molecule is COCOCc1cccc(OC)c1-c1ccccc1C. The molecule has 3 heteroatoms. The summed E-state index contributed by atoms with van der Waals surface area (Å²) in [4.78, 5) is 0. The number of methoxy groups -OCH3 is 2. The molecule has 20 heavy (non-hydrogen) atoms. The molecule has 2 aromatic rings. The fourth-order valence-corrected chi connectivity index (χ4v) is 2.26. The zero-order valence-corrected chi connectivity index (χ0v) is 12.2. The molecule has 0 atom stereocenters. The number of rotatable bonds is 6. The van der Waals surface area contributed by atoms with E-state index < -0.39 is 0 Å². The van der Waals surface area contributed by atoms with Crippen molar-refractivity contribution in [1.29, 1.82) is 0 Å². The monoisotopic (exact) mass is 272 g/mol. The molecule has 0 fully saturated rings. The average molecular weight is 272 g/mol. The van der Waals surface area contributed by atoms with Crippen molar-refractivity contribution in [2.24, 2.45) is 0 Å². The van der Waals surface area contributed by atoms with Crippen LogP contribution in [-0.4, -0.2) is 21.0 Å². The Morgan fingerprint density at radius 2 is 1.75 bits per heavy atom. The van der Waals surface area contributed by atoms with Crippen LogP contribution in [0.2, 0.25) is 0 Å². The summed E-state index contributed by atoms with van der Waals surface area (Å²) in [7, 11) is 3.31. The van der Waals surface area contributed by atoms with E-state index in [1.807, 2.05) is 24.3 Å². The summed E-state index contributed by atoms with van der Waals surface area (Å²) in [5.41, 5.74) is 4.56. The molecule has 0 radical (unpaired) electrons. The molecule has 0 unspecified atom stereocenters. The van der Waals surface area contributed by atoms with Gasteiger partial charge in [0, 0.05) is 12.7 Å². The van der Waals surface area contributed by atoms with Gasteiger partial charge in [0.15, 0.2) is 0 Å². The van der Waals surface area contributed by atoms with Crippen molar-refractivity contribution >= 4 is 0 Å². The predicted molar refractivity (Wildman–Crippen MR) is 79.8 cm³/mol. The molecule has 0 saturated carbocycles. The van der Waals surface area contributed by atoms with Crippen LogP contribution in [0.5, 0.6) is 5.75 Å². The third-order valence-electron chi connectivity index (χ3n) is 3.21. The Balaban J connectivity index is 2.45. The Morgan fingerprint density at radius 3 is 2.45 bits per heavy atom. The Morgan fingerprint density at radius 1 is 0.950 bits per heavy atom. The number of aryl methyl sites for hydroxylation is 1. The van der Waals surface area contributed by atoms with Crippen molar-refractivity contribution in [1.82, 2.24) is 0 Å². The van der Waals surface area contributed by atoms with E-state index in [4.69, 9.17) is 14.2 Å². The highest BCUT2D eigenvalue weighted by molar-refractivity contribution is 5.76. The normalized spacial score (nSPS) is 10.6. The van der Waals surface area contributed by atoms with E-state index in [1.54, 1.807) is 14.2 Å². The molecule has 2 rings (SSSR count). The second-order valence-corrected chi connectivity index (χ2v) is 4.56. The van der Waals surface area contributed by atoms with E-state index in [0.717, 1.165) is 16.9 Å². The van der Waals surface area contributed by atoms with Crippen molar-refractivity contribution < 1.29 is 14.2 Å². The van der Waals surface area contributed by atoms with Crippen LogP contribution in [0.25, 0.3) is 11.1 Å². The lowest BCUT2D eigenvalue weighted by Gasteiger charge is -2.16. The van der Waals surface area contributed by atoms with Crippen LogP contribution in [0.1, 0.15) is 11.1 Å². The molecule has 3 nitrogen and oxygen atoms in total. The van der Waals surface area contributed by atoms with Gasteiger partial charge in [0.1, 0.15) is 12.5 Å². The van der Waals surface area contributed by atoms with Gasteiger partial charge in [-0.15, -0.1) is 0 Å². The van der Waals surface area contributed by atoms with Crippen LogP contribution in [0, 0.1) is 6.92 Å². The van der Waals surface area contributed by atoms with E-state index in [1.165, 1.54) is 11.1 Å². The highest BCUT2D eigenvalue weighted by atomic mass is 16.7. The summed E-state index contributed by atoms with van der Waals surface area (Å²) in [5.74, 6) is 0.859. The van der Waals surface area contributed by atoms with Crippen molar-refractivity contribution in [2.75, 3.05) is 21.0 Å². The highest BCUT2D eigenvalue weighted by Crippen LogP contribution is 2.35. The lowest BCUT2D eigenvalue weighted by molar-refractivity contribution is -0.0389. The lowest BCUT2D eigenvalue weighted by atomic mass is 9.95. The number of hydrogen-bond donors (Lipinski definition) is 0. The zero-order valence-electron chi connectivity index (χ0n) is 12.2. The molecule has 0 amide bonds. The molecule has 0 bridgehead atoms. The molecule has 0 aliphatic heterocycles. The van der Waals surface area contributed by atoms with E-state index in [9.17, 15) is 0 Å². The second-order valence-electron chi connectivity index (χ2n) is 4.56. The molecule has 0 N–H and O–H groups in total. The van der Waals surface area contributed by atoms with E-state index >= 15 is 0 Å². The van der Waals surface area contributed by atoms with Gasteiger partial charge in [-0.2, -0.15) is 0 Å². The highest BCUT2D eigenvalue weighted by Gasteiger charge is 2.13. The topological polar surface area (TPSA) is 27.7 Å². The first-order chi connectivity index (χ1) is 9.77. The summed E-state index contributed by atoms with van der Waals surface area (Å²) in [6, 6.07) is 14.3. The molecule has 0 aliphatic carbocycles. The first kappa shape index (κ1) is 14.6. The Bertz CT molecular complexity index is 564. The van der Waals surface area contributed by atoms with Crippen molar-refractivity contribution in [3.8, 4) is 16.9 Å². The Kier molecular flexibility index (Phi) is 5.16. The third kappa shape index (κ3) is 3.18. The lowest BCUT2D eigenvalue weighted by Crippen LogP contribution is -2.01. The first-order valence-corrected chi connectivity index (χ1v) is 6.56. The molecule has 0 aromatic heterocycles. The molecule has 0 heterocycles. The number of benzene rings is 2. The first-order valence-electron chi connectivity index (χ1n) is 6.56. The molecule has 0 spiro atoms. The molecule has 106 valence electrons. The summed E-state index contributed by atoms with van der Waals surface area (Å²) in [6.07, 6.45) is 0. The Hall–Kier alpha value is -1.84. The average Bonchev–Trinajstić information content (AvgIpc) is 2.48. The minimum Gasteiger partial charge on any atom is -0.496 e. The summed E-state index contributed by atoms with van der Waals surface area (Å²) >= 11 is 0. The van der Waals surface area contributed by atoms with Gasteiger partial charge in [-0.1, -0.05) is 36.4 Å². The van der Waals surface area contributed by atoms with Crippen molar-refractivity contribution in [3.63, 3.8) is 0 Å². The zero-order chi connectivity index (χ0) is 14.4. The molecule has 0 aliphatic rings. The molecule has 2 aromatic carbocycles. The van der Waals surface area contributed by atoms with Crippen LogP contribution < -0.4 is 4.74 Å². The van der Waals surface area contributed by atoms with Gasteiger partial charge < -0.3 is 14.2 Å². The Labute approximate surface area is 120 Å². The van der Waals surface area contributed by atoms with Gasteiger partial charge in [-0.3, -0.25) is 0 Å². The van der Waals surface area contributed by atoms with Gasteiger partial charge >= 0.3 is 0 Å². The minimum absolute atomic E-state index is 0.282. The van der Waals surface area contributed by atoms with Crippen LogP contribution in [0.15, 0.2) is 42.5 Å². The van der Waals surface area contributed by atoms with E-state index in [0.29, 0.717) is 6.61 Å². The van der Waals surface area contributed by atoms with Crippen LogP contribution in [0.3, 0.4) is 0 Å². The van der Waals surface area contributed by atoms with Gasteiger partial charge in [-0.05, 0) is 29.7 Å². The van der Waals surface area contributed by atoms with E-state index in [-0.39, 0.29) is 6.79 Å². The van der Waals surface area contributed by atoms with Gasteiger partial charge in [0.2, 0.25) is 0 Å². The maximum absolute atomic E-state index is 5.51. The van der Waals surface area contributed by atoms with Crippen LogP contribution in [0.4, 0.5) is 0 Å². The molecular formula is C17H20O3. The largest absolute Gasteiger partial charge is 0.496 e. The second kappa shape index (κ2) is 7.08. The number of ether oxygens (including phenoxy) is 3. The standard InChI is InChI=1S/C17H20O3/c1-13-7-4-5-9-15(13)17-14(11-20-12-18-2)8-6-10-16(17)19-3/h4-10H,11-12H2,1-3H3. The fourth-order valence-electron chi connectivity index (χ4n) is 2.26. The van der Waals surface area contributed by atoms with E-state index in [2.05, 4.69) is 25.1 Å². The van der Waals surface area contributed by atoms with Crippen molar-refractivity contribution in [2.45, 2.75) is 13.5 Å². The summed E-state index contributed by atoms with van der Waals surface area (Å²) in [5, 5.41) is 0. The smallest absolute Gasteiger partial charge is 0.146 e. The predicted octanol–water partition coefficient (Wildman–Crippen LogP) is 3.79. The van der Waals surface area contributed by atoms with Crippen molar-refractivity contribution in [3.05, 3.63) is 53.6 Å². The minimum atomic E-state index is 0.282. The third-order valence-corrected chi connectivity index (χ3v) is 3.21. The molecular weight excluding hydrogens is 252 g/mol. The fraction of sp³-hybridized carbons (Fsp3) is 0.294. The molecule has 0 saturated heterocycles. The summed E-state index contributed by atoms with van der Waals surface area (Å²) < 4.78 is 15.9.